The number of aromatic nitrogens is 1. The molecular weight excluding hydrogens is 685 g/mol. The van der Waals surface area contributed by atoms with Crippen molar-refractivity contribution in [3.8, 4) is 27.9 Å². The molecule has 5 nitrogen and oxygen atoms in total. The van der Waals surface area contributed by atoms with Crippen molar-refractivity contribution in [1.29, 1.82) is 0 Å². The summed E-state index contributed by atoms with van der Waals surface area (Å²) in [5, 5.41) is 8.30. The van der Waals surface area contributed by atoms with Gasteiger partial charge in [-0.05, 0) is 64.7 Å². The van der Waals surface area contributed by atoms with Crippen LogP contribution in [0.1, 0.15) is 22.9 Å². The van der Waals surface area contributed by atoms with Gasteiger partial charge in [-0.2, -0.15) is 0 Å². The molecule has 0 bridgehead atoms. The van der Waals surface area contributed by atoms with Crippen LogP contribution in [-0.4, -0.2) is 16.2 Å². The molecule has 0 radical (unpaired) electrons. The van der Waals surface area contributed by atoms with E-state index in [9.17, 15) is 0 Å². The zero-order valence-electron chi connectivity index (χ0n) is 30.3. The van der Waals surface area contributed by atoms with Crippen LogP contribution in [0.3, 0.4) is 0 Å². The summed E-state index contributed by atoms with van der Waals surface area (Å²) < 4.78 is 8.82. The van der Waals surface area contributed by atoms with Crippen molar-refractivity contribution >= 4 is 55.4 Å². The molecule has 10 aromatic rings. The van der Waals surface area contributed by atoms with E-state index >= 15 is 0 Å². The lowest BCUT2D eigenvalue weighted by Crippen LogP contribution is -2.33. The lowest BCUT2D eigenvalue weighted by molar-refractivity contribution is 0.670. The first-order valence-electron chi connectivity index (χ1n) is 18.9. The molecule has 0 saturated heterocycles. The first-order valence-corrected chi connectivity index (χ1v) is 18.9. The fraction of sp³-hybridized carbons (Fsp3) is 0.0196. The van der Waals surface area contributed by atoms with Crippen molar-refractivity contribution in [3.05, 3.63) is 211 Å². The smallest absolute Gasteiger partial charge is 0.159 e. The molecule has 8 aromatic carbocycles. The van der Waals surface area contributed by atoms with Gasteiger partial charge >= 0.3 is 0 Å². The van der Waals surface area contributed by atoms with E-state index in [-0.39, 0.29) is 6.17 Å². The van der Waals surface area contributed by atoms with Crippen LogP contribution in [0.5, 0.6) is 0 Å². The molecule has 1 aliphatic heterocycles. The van der Waals surface area contributed by atoms with Gasteiger partial charge < -0.3 is 14.3 Å². The molecule has 5 heteroatoms. The third-order valence-corrected chi connectivity index (χ3v) is 10.9. The molecule has 0 saturated carbocycles. The van der Waals surface area contributed by atoms with Gasteiger partial charge in [-0.1, -0.05) is 152 Å². The fourth-order valence-corrected chi connectivity index (χ4v) is 8.18. The van der Waals surface area contributed by atoms with Gasteiger partial charge in [-0.3, -0.25) is 0 Å². The third-order valence-electron chi connectivity index (χ3n) is 10.9. The fourth-order valence-electron chi connectivity index (χ4n) is 8.18. The minimum atomic E-state index is -0.256. The second kappa shape index (κ2) is 13.1. The predicted octanol–water partition coefficient (Wildman–Crippen LogP) is 12.5. The highest BCUT2D eigenvalue weighted by molar-refractivity contribution is 6.14. The molecule has 0 aliphatic carbocycles. The lowest BCUT2D eigenvalue weighted by Gasteiger charge is -2.24. The van der Waals surface area contributed by atoms with Gasteiger partial charge in [0.1, 0.15) is 23.2 Å². The van der Waals surface area contributed by atoms with E-state index in [1.165, 1.54) is 10.8 Å². The molecule has 1 aliphatic rings. The van der Waals surface area contributed by atoms with Crippen molar-refractivity contribution in [2.24, 2.45) is 9.98 Å². The van der Waals surface area contributed by atoms with Crippen molar-refractivity contribution < 1.29 is 4.42 Å². The maximum absolute atomic E-state index is 6.44. The lowest BCUT2D eigenvalue weighted by atomic mass is 10.00. The summed E-state index contributed by atoms with van der Waals surface area (Å²) >= 11 is 0. The average molecular weight is 719 g/mol. The summed E-state index contributed by atoms with van der Waals surface area (Å²) in [5.74, 6) is 1.51. The number of benzene rings is 8. The number of hydrogen-bond donors (Lipinski definition) is 1. The quantitative estimate of drug-likeness (QED) is 0.186. The molecule has 1 unspecified atom stereocenters. The maximum atomic E-state index is 6.44. The van der Waals surface area contributed by atoms with Crippen LogP contribution < -0.4 is 5.32 Å². The predicted molar refractivity (Wildman–Crippen MR) is 231 cm³/mol. The summed E-state index contributed by atoms with van der Waals surface area (Å²) in [6, 6.07) is 68.1. The molecule has 0 amide bonds. The number of rotatable bonds is 6. The number of hydrogen-bond acceptors (Lipinski definition) is 4. The number of para-hydroxylation sites is 3. The second-order valence-electron chi connectivity index (χ2n) is 14.2. The van der Waals surface area contributed by atoms with E-state index < -0.39 is 0 Å². The van der Waals surface area contributed by atoms with Crippen molar-refractivity contribution in [2.75, 3.05) is 0 Å². The number of amidine groups is 2. The maximum Gasteiger partial charge on any atom is 0.159 e. The Hall–Kier alpha value is -7.50. The zero-order chi connectivity index (χ0) is 37.0. The summed E-state index contributed by atoms with van der Waals surface area (Å²) in [6.07, 6.45) is -0.256. The first-order chi connectivity index (χ1) is 27.7. The number of fused-ring (bicyclic) bond motifs is 6. The van der Waals surface area contributed by atoms with Crippen LogP contribution in [-0.2, 0) is 0 Å². The van der Waals surface area contributed by atoms with E-state index in [0.29, 0.717) is 5.84 Å². The van der Waals surface area contributed by atoms with Gasteiger partial charge in [0.2, 0.25) is 0 Å². The molecule has 264 valence electrons. The molecule has 2 aromatic heterocycles. The van der Waals surface area contributed by atoms with Gasteiger partial charge in [0.25, 0.3) is 0 Å². The van der Waals surface area contributed by atoms with Crippen LogP contribution in [0, 0.1) is 0 Å². The SMILES string of the molecule is c1ccc(C2=NC(c3ccccc3)NC(c3cccc(-c4cccc(-n5c6ccccc6c6cc(-c7cccc8c7oc7ccccc78)ccc65)c4)c3)=N2)cc1. The Bertz CT molecular complexity index is 3170. The molecule has 0 fully saturated rings. The molecule has 3 heterocycles. The van der Waals surface area contributed by atoms with Crippen LogP contribution in [0.4, 0.5) is 0 Å². The average Bonchev–Trinajstić information content (AvgIpc) is 3.83. The standard InChI is InChI=1S/C51H34N4O/c1-3-14-33(15-4-1)49-52-50(34-16-5-2-6-17-34)54-51(53-49)38-20-11-18-35(30-38)36-19-12-21-39(31-36)55-45-26-9-7-22-41(45)44-32-37(28-29-46(44)55)40-24-13-25-43-42-23-8-10-27-47(42)56-48(40)43/h1-32,49H,(H,52,53,54). The van der Waals surface area contributed by atoms with E-state index in [4.69, 9.17) is 14.4 Å². The summed E-state index contributed by atoms with van der Waals surface area (Å²) in [4.78, 5) is 10.1. The van der Waals surface area contributed by atoms with E-state index in [1.54, 1.807) is 0 Å². The highest BCUT2D eigenvalue weighted by Gasteiger charge is 2.22. The Morgan fingerprint density at radius 1 is 0.464 bits per heavy atom. The van der Waals surface area contributed by atoms with Gasteiger partial charge in [0.15, 0.2) is 5.84 Å². The molecule has 0 spiro atoms. The zero-order valence-corrected chi connectivity index (χ0v) is 30.3. The number of furan rings is 1. The van der Waals surface area contributed by atoms with E-state index in [0.717, 1.165) is 83.4 Å². The van der Waals surface area contributed by atoms with Gasteiger partial charge in [-0.15, -0.1) is 0 Å². The Labute approximate surface area is 323 Å². The normalized spacial score (nSPS) is 14.2. The molecule has 56 heavy (non-hydrogen) atoms. The van der Waals surface area contributed by atoms with Gasteiger partial charge in [-0.25, -0.2) is 9.98 Å². The summed E-state index contributed by atoms with van der Waals surface area (Å²) in [7, 11) is 0. The van der Waals surface area contributed by atoms with Crippen molar-refractivity contribution in [3.63, 3.8) is 0 Å². The van der Waals surface area contributed by atoms with Crippen LogP contribution >= 0.6 is 0 Å². The second-order valence-corrected chi connectivity index (χ2v) is 14.2. The van der Waals surface area contributed by atoms with Crippen molar-refractivity contribution in [1.82, 2.24) is 9.88 Å². The molecule has 11 rings (SSSR count). The molecule has 1 atom stereocenters. The Morgan fingerprint density at radius 3 is 2.00 bits per heavy atom. The molecule has 1 N–H and O–H groups in total. The topological polar surface area (TPSA) is 54.8 Å². The number of aliphatic imine (C=N–C) groups is 2. The van der Waals surface area contributed by atoms with E-state index in [2.05, 4.69) is 155 Å². The van der Waals surface area contributed by atoms with Gasteiger partial charge in [0, 0.05) is 43.9 Å². The Balaban J connectivity index is 0.993. The summed E-state index contributed by atoms with van der Waals surface area (Å²) in [6.45, 7) is 0. The highest BCUT2D eigenvalue weighted by Crippen LogP contribution is 2.39. The minimum absolute atomic E-state index is 0.256. The van der Waals surface area contributed by atoms with Crippen LogP contribution in [0.25, 0.3) is 71.7 Å². The summed E-state index contributed by atoms with van der Waals surface area (Å²) in [5.41, 5.74) is 12.8. The van der Waals surface area contributed by atoms with Crippen LogP contribution in [0.15, 0.2) is 209 Å². The Morgan fingerprint density at radius 2 is 1.12 bits per heavy atom. The first kappa shape index (κ1) is 32.0. The monoisotopic (exact) mass is 718 g/mol. The Kier molecular flexibility index (Phi) is 7.49. The number of nitrogens with zero attached hydrogens (tertiary/aromatic N) is 3. The van der Waals surface area contributed by atoms with Gasteiger partial charge in [0.05, 0.1) is 11.0 Å². The highest BCUT2D eigenvalue weighted by atomic mass is 16.3. The molecular formula is C51H34N4O. The van der Waals surface area contributed by atoms with Crippen LogP contribution in [0.2, 0.25) is 0 Å². The number of nitrogens with one attached hydrogen (secondary N) is 1. The van der Waals surface area contributed by atoms with Crippen molar-refractivity contribution in [2.45, 2.75) is 6.17 Å². The third kappa shape index (κ3) is 5.40. The van der Waals surface area contributed by atoms with E-state index in [1.807, 2.05) is 48.5 Å². The minimum Gasteiger partial charge on any atom is -0.455 e. The largest absolute Gasteiger partial charge is 0.455 e.